The predicted molar refractivity (Wildman–Crippen MR) is 140 cm³/mol. The molecular weight excluding hydrogens is 535 g/mol. The van der Waals surface area contributed by atoms with Gasteiger partial charge in [0.2, 0.25) is 0 Å². The van der Waals surface area contributed by atoms with Crippen LogP contribution in [0.1, 0.15) is 11.1 Å². The third-order valence-electron chi connectivity index (χ3n) is 6.11. The van der Waals surface area contributed by atoms with Crippen LogP contribution in [-0.4, -0.2) is 23.9 Å². The first-order chi connectivity index (χ1) is 18.6. The molecule has 7 nitrogen and oxygen atoms in total. The molecule has 5 rings (SSSR count). The molecule has 0 spiro atoms. The molecule has 0 saturated carbocycles. The van der Waals surface area contributed by atoms with Crippen molar-refractivity contribution in [2.24, 2.45) is 0 Å². The van der Waals surface area contributed by atoms with Gasteiger partial charge in [-0.25, -0.2) is 4.79 Å². The van der Waals surface area contributed by atoms with Crippen LogP contribution in [0.4, 0.5) is 13.2 Å². The number of benzene rings is 3. The van der Waals surface area contributed by atoms with E-state index in [0.717, 1.165) is 17.7 Å². The number of hydrogen-bond acceptors (Lipinski definition) is 7. The fourth-order valence-electron chi connectivity index (χ4n) is 4.25. The van der Waals surface area contributed by atoms with Gasteiger partial charge in [0.15, 0.2) is 11.3 Å². The Bertz CT molecular complexity index is 1840. The van der Waals surface area contributed by atoms with Crippen LogP contribution in [0.25, 0.3) is 21.9 Å². The first-order valence-electron chi connectivity index (χ1n) is 11.5. The van der Waals surface area contributed by atoms with Crippen LogP contribution in [0.15, 0.2) is 90.5 Å². The summed E-state index contributed by atoms with van der Waals surface area (Å²) in [6.07, 6.45) is -4.60. The number of hydrogen-bond donors (Lipinski definition) is 1. The fourth-order valence-corrected chi connectivity index (χ4v) is 5.14. The Kier molecular flexibility index (Phi) is 6.77. The standard InChI is InChI=1S/C28H20F3NO6S/c1-36-17-7-3-5-15(11-17)14-32-21-13-18(37-2)9-10-20(21)24-22(26(32)34)23(33)25(27(35)38-24)39-19-8-4-6-16(12-19)28(29,30)31/h3-13,33H,14H2,1-2H3. The summed E-state index contributed by atoms with van der Waals surface area (Å²) < 4.78 is 57.1. The molecule has 0 fully saturated rings. The number of alkyl halides is 3. The molecule has 0 unspecified atom stereocenters. The third kappa shape index (κ3) is 4.92. The number of aromatic hydroxyl groups is 1. The molecule has 0 aliphatic heterocycles. The molecule has 5 aromatic rings. The van der Waals surface area contributed by atoms with E-state index in [1.807, 2.05) is 0 Å². The minimum absolute atomic E-state index is 0.0361. The second-order valence-electron chi connectivity index (χ2n) is 8.52. The van der Waals surface area contributed by atoms with E-state index in [0.29, 0.717) is 34.2 Å². The highest BCUT2D eigenvalue weighted by molar-refractivity contribution is 7.99. The van der Waals surface area contributed by atoms with Crippen molar-refractivity contribution in [1.82, 2.24) is 4.57 Å². The van der Waals surface area contributed by atoms with Crippen molar-refractivity contribution in [3.63, 3.8) is 0 Å². The molecule has 0 amide bonds. The maximum absolute atomic E-state index is 13.8. The van der Waals surface area contributed by atoms with Crippen molar-refractivity contribution in [3.8, 4) is 17.2 Å². The van der Waals surface area contributed by atoms with Gasteiger partial charge in [-0.1, -0.05) is 30.0 Å². The zero-order valence-electron chi connectivity index (χ0n) is 20.5. The molecular formula is C28H20F3NO6S. The lowest BCUT2D eigenvalue weighted by Crippen LogP contribution is -2.23. The van der Waals surface area contributed by atoms with Crippen molar-refractivity contribution in [2.45, 2.75) is 22.5 Å². The molecule has 2 aromatic heterocycles. The first kappa shape index (κ1) is 26.2. The van der Waals surface area contributed by atoms with E-state index in [1.165, 1.54) is 30.9 Å². The summed E-state index contributed by atoms with van der Waals surface area (Å²) in [6.45, 7) is 0.0737. The Hall–Kier alpha value is -4.38. The van der Waals surface area contributed by atoms with Gasteiger partial charge in [-0.05, 0) is 48.0 Å². The number of halogens is 3. The van der Waals surface area contributed by atoms with E-state index in [1.54, 1.807) is 42.5 Å². The lowest BCUT2D eigenvalue weighted by Gasteiger charge is -2.15. The van der Waals surface area contributed by atoms with Gasteiger partial charge in [0.1, 0.15) is 21.8 Å². The van der Waals surface area contributed by atoms with Crippen LogP contribution < -0.4 is 20.7 Å². The average Bonchev–Trinajstić information content (AvgIpc) is 2.92. The summed E-state index contributed by atoms with van der Waals surface area (Å²) in [5, 5.41) is 11.3. The molecule has 11 heteroatoms. The monoisotopic (exact) mass is 555 g/mol. The fraction of sp³-hybridized carbons (Fsp3) is 0.143. The Labute approximate surface area is 223 Å². The Morgan fingerprint density at radius 3 is 2.38 bits per heavy atom. The highest BCUT2D eigenvalue weighted by Crippen LogP contribution is 2.39. The normalized spacial score (nSPS) is 11.7. The number of fused-ring (bicyclic) bond motifs is 3. The topological polar surface area (TPSA) is 90.9 Å². The van der Waals surface area contributed by atoms with Crippen LogP contribution in [0, 0.1) is 0 Å². The summed E-state index contributed by atoms with van der Waals surface area (Å²) in [5.74, 6) is 0.353. The number of ether oxygens (including phenoxy) is 2. The lowest BCUT2D eigenvalue weighted by molar-refractivity contribution is -0.137. The molecule has 1 N–H and O–H groups in total. The van der Waals surface area contributed by atoms with E-state index in [2.05, 4.69) is 0 Å². The summed E-state index contributed by atoms with van der Waals surface area (Å²) in [7, 11) is 2.99. The second kappa shape index (κ2) is 10.1. The molecule has 200 valence electrons. The van der Waals surface area contributed by atoms with Crippen LogP contribution >= 0.6 is 11.8 Å². The van der Waals surface area contributed by atoms with Gasteiger partial charge in [-0.2, -0.15) is 13.2 Å². The van der Waals surface area contributed by atoms with Crippen LogP contribution in [-0.2, 0) is 12.7 Å². The highest BCUT2D eigenvalue weighted by atomic mass is 32.2. The molecule has 39 heavy (non-hydrogen) atoms. The van der Waals surface area contributed by atoms with E-state index in [9.17, 15) is 27.9 Å². The van der Waals surface area contributed by atoms with Crippen molar-refractivity contribution in [3.05, 3.63) is 98.6 Å². The molecule has 3 aromatic carbocycles. The summed E-state index contributed by atoms with van der Waals surface area (Å²) in [6, 6.07) is 16.2. The predicted octanol–water partition coefficient (Wildman–Crippen LogP) is 6.05. The highest BCUT2D eigenvalue weighted by Gasteiger charge is 2.31. The van der Waals surface area contributed by atoms with Gasteiger partial charge in [0, 0.05) is 16.3 Å². The van der Waals surface area contributed by atoms with Gasteiger partial charge < -0.3 is 23.6 Å². The maximum Gasteiger partial charge on any atom is 0.416 e. The summed E-state index contributed by atoms with van der Waals surface area (Å²) in [5.41, 5.74) is -1.62. The van der Waals surface area contributed by atoms with Gasteiger partial charge in [0.25, 0.3) is 5.56 Å². The van der Waals surface area contributed by atoms with Gasteiger partial charge in [-0.15, -0.1) is 0 Å². The van der Waals surface area contributed by atoms with E-state index < -0.39 is 33.6 Å². The number of pyridine rings is 1. The van der Waals surface area contributed by atoms with Crippen molar-refractivity contribution < 1.29 is 32.2 Å². The van der Waals surface area contributed by atoms with E-state index in [4.69, 9.17) is 13.9 Å². The van der Waals surface area contributed by atoms with Crippen LogP contribution in [0.5, 0.6) is 17.2 Å². The van der Waals surface area contributed by atoms with Gasteiger partial charge in [0.05, 0.1) is 31.8 Å². The van der Waals surface area contributed by atoms with Crippen LogP contribution in [0.2, 0.25) is 0 Å². The zero-order chi connectivity index (χ0) is 27.9. The molecule has 0 bridgehead atoms. The van der Waals surface area contributed by atoms with E-state index >= 15 is 0 Å². The van der Waals surface area contributed by atoms with Crippen molar-refractivity contribution in [2.75, 3.05) is 14.2 Å². The number of rotatable bonds is 6. The first-order valence-corrected chi connectivity index (χ1v) is 12.3. The van der Waals surface area contributed by atoms with Crippen LogP contribution in [0.3, 0.4) is 0 Å². The molecule has 2 heterocycles. The number of methoxy groups -OCH3 is 2. The zero-order valence-corrected chi connectivity index (χ0v) is 21.4. The summed E-state index contributed by atoms with van der Waals surface area (Å²) in [4.78, 5) is 26.4. The molecule has 0 radical (unpaired) electrons. The SMILES string of the molecule is COc1cccc(Cn2c(=O)c3c(O)c(Sc4cccc(C(F)(F)F)c4)c(=O)oc3c3ccc(OC)cc32)c1. The van der Waals surface area contributed by atoms with Crippen molar-refractivity contribution in [1.29, 1.82) is 0 Å². The largest absolute Gasteiger partial charge is 0.505 e. The Morgan fingerprint density at radius 2 is 1.67 bits per heavy atom. The Balaban J connectivity index is 1.75. The third-order valence-corrected chi connectivity index (χ3v) is 7.17. The minimum Gasteiger partial charge on any atom is -0.505 e. The Morgan fingerprint density at radius 1 is 0.949 bits per heavy atom. The summed E-state index contributed by atoms with van der Waals surface area (Å²) >= 11 is 0.580. The molecule has 0 saturated heterocycles. The molecule has 0 atom stereocenters. The smallest absolute Gasteiger partial charge is 0.416 e. The number of nitrogens with zero attached hydrogens (tertiary/aromatic N) is 1. The lowest BCUT2D eigenvalue weighted by atomic mass is 10.1. The second-order valence-corrected chi connectivity index (χ2v) is 9.61. The number of aromatic nitrogens is 1. The maximum atomic E-state index is 13.8. The van der Waals surface area contributed by atoms with E-state index in [-0.39, 0.29) is 22.4 Å². The quantitative estimate of drug-likeness (QED) is 0.255. The van der Waals surface area contributed by atoms with Crippen molar-refractivity contribution >= 4 is 33.6 Å². The average molecular weight is 556 g/mol. The molecule has 0 aliphatic rings. The van der Waals surface area contributed by atoms with Gasteiger partial charge >= 0.3 is 11.8 Å². The van der Waals surface area contributed by atoms with Gasteiger partial charge in [-0.3, -0.25) is 4.79 Å². The molecule has 0 aliphatic carbocycles. The minimum atomic E-state index is -4.60.